The van der Waals surface area contributed by atoms with E-state index in [1.807, 2.05) is 13.8 Å². The van der Waals surface area contributed by atoms with Gasteiger partial charge in [0, 0.05) is 0 Å². The van der Waals surface area contributed by atoms with Gasteiger partial charge in [-0.3, -0.25) is 0 Å². The monoisotopic (exact) mass is 766 g/mol. The Balaban J connectivity index is 2.73. The fourth-order valence-corrected chi connectivity index (χ4v) is 10.3. The Kier molecular flexibility index (Phi) is 14.0. The van der Waals surface area contributed by atoms with Crippen LogP contribution in [0, 0.1) is 0 Å². The molecule has 0 radical (unpaired) electrons. The fourth-order valence-electron chi connectivity index (χ4n) is 5.05. The van der Waals surface area contributed by atoms with Crippen LogP contribution in [0.4, 0.5) is 0 Å². The van der Waals surface area contributed by atoms with E-state index in [2.05, 4.69) is 135 Å². The highest BCUT2D eigenvalue weighted by atomic mass is 28.4. The summed E-state index contributed by atoms with van der Waals surface area (Å²) < 4.78 is 48.0. The SMILES string of the molecule is C[C@@H]1O[C@@H](O[C@@H]2[C@H](O[Si](C)(C)C(C)(C)C)[C@H](C)O[C@@H](O)[C@H]2O[Si](C)(C)C(C)(C)C)[C@@H](O[Si](C)(C)C(C)(C)C)[C@H](O)[C@@H]1O[Si](C)(C)C(C)(C)C. The van der Waals surface area contributed by atoms with Crippen molar-refractivity contribution in [1.29, 1.82) is 0 Å². The number of aliphatic hydroxyl groups is 2. The molecular weight excluding hydrogens is 689 g/mol. The Morgan fingerprint density at radius 3 is 1.10 bits per heavy atom. The first kappa shape index (κ1) is 45.7. The molecule has 0 aromatic carbocycles. The van der Waals surface area contributed by atoms with E-state index in [0.717, 1.165) is 0 Å². The van der Waals surface area contributed by atoms with Gasteiger partial charge in [-0.25, -0.2) is 0 Å². The molecule has 0 aromatic heterocycles. The van der Waals surface area contributed by atoms with Crippen molar-refractivity contribution in [3.63, 3.8) is 0 Å². The third kappa shape index (κ3) is 10.4. The van der Waals surface area contributed by atoms with Gasteiger partial charge >= 0.3 is 0 Å². The van der Waals surface area contributed by atoms with Crippen molar-refractivity contribution in [2.24, 2.45) is 0 Å². The molecule has 0 aromatic rings. The molecule has 0 spiro atoms. The number of ether oxygens (including phenoxy) is 3. The van der Waals surface area contributed by atoms with Crippen LogP contribution in [0.3, 0.4) is 0 Å². The highest BCUT2D eigenvalue weighted by Crippen LogP contribution is 2.46. The van der Waals surface area contributed by atoms with E-state index in [4.69, 9.17) is 31.9 Å². The molecule has 2 saturated heterocycles. The van der Waals surface area contributed by atoms with Gasteiger partial charge in [0.1, 0.15) is 30.5 Å². The molecular formula is C36H78O9Si4. The molecule has 13 heteroatoms. The zero-order chi connectivity index (χ0) is 38.7. The standard InChI is InChI=1S/C36H78O9Si4/c1-23-26(42-46(15,16)33(3,4)5)25(37)28(44-48(19,20)35(9,10)11)32(40-23)41-29-27(43-47(17,18)34(6,7)8)24(2)39-31(38)30(29)45-49(21,22)36(12,13)14/h23-32,37-38H,1-22H3/t23-,24-,25+,26+,27+,28-,29+,30-,31+,32-/m0/s1. The summed E-state index contributed by atoms with van der Waals surface area (Å²) in [5, 5.41) is 23.4. The summed E-state index contributed by atoms with van der Waals surface area (Å²) in [4.78, 5) is 0. The van der Waals surface area contributed by atoms with Crippen molar-refractivity contribution < 1.29 is 42.1 Å². The first-order valence-electron chi connectivity index (χ1n) is 18.5. The average Bonchev–Trinajstić information content (AvgIpc) is 2.85. The van der Waals surface area contributed by atoms with Crippen LogP contribution >= 0.6 is 0 Å². The molecule has 2 aliphatic heterocycles. The predicted molar refractivity (Wildman–Crippen MR) is 210 cm³/mol. The molecule has 292 valence electrons. The van der Waals surface area contributed by atoms with E-state index in [1.54, 1.807) is 0 Å². The number of hydrogen-bond donors (Lipinski definition) is 2. The summed E-state index contributed by atoms with van der Waals surface area (Å²) in [6.07, 6.45) is -7.84. The summed E-state index contributed by atoms with van der Waals surface area (Å²) in [6.45, 7) is 47.6. The minimum Gasteiger partial charge on any atom is -0.409 e. The van der Waals surface area contributed by atoms with Gasteiger partial charge in [-0.15, -0.1) is 0 Å². The summed E-state index contributed by atoms with van der Waals surface area (Å²) in [7, 11) is -9.58. The van der Waals surface area contributed by atoms with E-state index in [0.29, 0.717) is 0 Å². The second-order valence-electron chi connectivity index (χ2n) is 20.9. The van der Waals surface area contributed by atoms with E-state index >= 15 is 0 Å². The van der Waals surface area contributed by atoms with E-state index in [-0.39, 0.29) is 20.2 Å². The Morgan fingerprint density at radius 2 is 0.735 bits per heavy atom. The summed E-state index contributed by atoms with van der Waals surface area (Å²) in [5.41, 5.74) is 0. The number of rotatable bonds is 10. The maximum atomic E-state index is 12.3. The normalized spacial score (nSPS) is 33.6. The molecule has 0 aliphatic carbocycles. The van der Waals surface area contributed by atoms with Gasteiger partial charge in [0.05, 0.1) is 18.3 Å². The molecule has 2 aliphatic rings. The third-order valence-electron chi connectivity index (χ3n) is 12.7. The van der Waals surface area contributed by atoms with Crippen molar-refractivity contribution in [3.05, 3.63) is 0 Å². The van der Waals surface area contributed by atoms with Crippen molar-refractivity contribution in [3.8, 4) is 0 Å². The lowest BCUT2D eigenvalue weighted by molar-refractivity contribution is -0.343. The van der Waals surface area contributed by atoms with Crippen LogP contribution in [0.15, 0.2) is 0 Å². The molecule has 2 heterocycles. The van der Waals surface area contributed by atoms with E-state index in [1.165, 1.54) is 0 Å². The van der Waals surface area contributed by atoms with Crippen LogP contribution in [0.1, 0.15) is 96.9 Å². The van der Waals surface area contributed by atoms with Crippen molar-refractivity contribution in [2.75, 3.05) is 0 Å². The van der Waals surface area contributed by atoms with Gasteiger partial charge in [-0.05, 0) is 86.4 Å². The lowest BCUT2D eigenvalue weighted by Crippen LogP contribution is -2.68. The lowest BCUT2D eigenvalue weighted by Gasteiger charge is -2.54. The third-order valence-corrected chi connectivity index (χ3v) is 30.6. The maximum Gasteiger partial charge on any atom is 0.192 e. The highest BCUT2D eigenvalue weighted by molar-refractivity contribution is 6.75. The predicted octanol–water partition coefficient (Wildman–Crippen LogP) is 8.78. The highest BCUT2D eigenvalue weighted by Gasteiger charge is 2.57. The Bertz CT molecular complexity index is 1050. The first-order chi connectivity index (χ1) is 21.5. The van der Waals surface area contributed by atoms with Gasteiger partial charge in [0.15, 0.2) is 45.8 Å². The van der Waals surface area contributed by atoms with Gasteiger partial charge in [0.2, 0.25) is 0 Å². The van der Waals surface area contributed by atoms with Gasteiger partial charge in [0.25, 0.3) is 0 Å². The maximum absolute atomic E-state index is 12.3. The van der Waals surface area contributed by atoms with Crippen LogP contribution in [-0.4, -0.2) is 105 Å². The Morgan fingerprint density at radius 1 is 0.429 bits per heavy atom. The summed E-state index contributed by atoms with van der Waals surface area (Å²) >= 11 is 0. The van der Waals surface area contributed by atoms with Gasteiger partial charge < -0.3 is 42.1 Å². The van der Waals surface area contributed by atoms with E-state index < -0.39 is 94.7 Å². The molecule has 49 heavy (non-hydrogen) atoms. The first-order valence-corrected chi connectivity index (χ1v) is 30.1. The van der Waals surface area contributed by atoms with Crippen molar-refractivity contribution in [2.45, 2.75) is 231 Å². The quantitative estimate of drug-likeness (QED) is 0.211. The average molecular weight is 767 g/mol. The zero-order valence-electron chi connectivity index (χ0n) is 35.5. The van der Waals surface area contributed by atoms with E-state index in [9.17, 15) is 10.2 Å². The van der Waals surface area contributed by atoms with Crippen LogP contribution in [-0.2, 0) is 31.9 Å². The van der Waals surface area contributed by atoms with Gasteiger partial charge in [-0.2, -0.15) is 0 Å². The van der Waals surface area contributed by atoms with Crippen LogP contribution in [0.5, 0.6) is 0 Å². The smallest absolute Gasteiger partial charge is 0.192 e. The zero-order valence-corrected chi connectivity index (χ0v) is 39.5. The number of hydrogen-bond acceptors (Lipinski definition) is 9. The van der Waals surface area contributed by atoms with Gasteiger partial charge in [-0.1, -0.05) is 83.1 Å². The molecule has 10 atom stereocenters. The second kappa shape index (κ2) is 15.0. The molecule has 9 nitrogen and oxygen atoms in total. The van der Waals surface area contributed by atoms with Crippen LogP contribution in [0.25, 0.3) is 0 Å². The summed E-state index contributed by atoms with van der Waals surface area (Å²) in [6, 6.07) is 0. The number of aliphatic hydroxyl groups excluding tert-OH is 2. The minimum absolute atomic E-state index is 0.0629. The molecule has 0 unspecified atom stereocenters. The molecule has 2 rings (SSSR count). The molecule has 0 amide bonds. The molecule has 2 fully saturated rings. The molecule has 0 saturated carbocycles. The van der Waals surface area contributed by atoms with Crippen LogP contribution < -0.4 is 0 Å². The molecule has 0 bridgehead atoms. The Labute approximate surface area is 305 Å². The lowest BCUT2D eigenvalue weighted by atomic mass is 9.97. The van der Waals surface area contributed by atoms with Crippen molar-refractivity contribution in [1.82, 2.24) is 0 Å². The molecule has 2 N–H and O–H groups in total. The second-order valence-corrected chi connectivity index (χ2v) is 39.9. The Hall–Kier alpha value is 0.508. The minimum atomic E-state index is -2.46. The fraction of sp³-hybridized carbons (Fsp3) is 1.00. The topological polar surface area (TPSA) is 105 Å². The largest absolute Gasteiger partial charge is 0.409 e. The van der Waals surface area contributed by atoms with Crippen LogP contribution in [0.2, 0.25) is 72.5 Å². The van der Waals surface area contributed by atoms with Crippen molar-refractivity contribution >= 4 is 33.3 Å². The summed E-state index contributed by atoms with van der Waals surface area (Å²) in [5.74, 6) is 0.